The minimum atomic E-state index is -1.50. The van der Waals surface area contributed by atoms with Gasteiger partial charge in [0.15, 0.2) is 5.78 Å². The van der Waals surface area contributed by atoms with E-state index in [9.17, 15) is 14.7 Å². The zero-order chi connectivity index (χ0) is 15.9. The van der Waals surface area contributed by atoms with Crippen LogP contribution >= 0.6 is 0 Å². The van der Waals surface area contributed by atoms with Crippen LogP contribution in [0.5, 0.6) is 0 Å². The van der Waals surface area contributed by atoms with Crippen molar-refractivity contribution in [2.75, 3.05) is 0 Å². The monoisotopic (exact) mass is 315 g/mol. The van der Waals surface area contributed by atoms with Crippen molar-refractivity contribution >= 4 is 11.8 Å². The highest BCUT2D eigenvalue weighted by atomic mass is 16.4. The first-order valence-electron chi connectivity index (χ1n) is 8.88. The van der Waals surface area contributed by atoms with Crippen LogP contribution in [0, 0.1) is 5.92 Å². The van der Waals surface area contributed by atoms with Gasteiger partial charge in [0.1, 0.15) is 5.97 Å². The third kappa shape index (κ3) is 12.8. The van der Waals surface area contributed by atoms with Crippen molar-refractivity contribution in [1.82, 2.24) is 6.15 Å². The number of carbonyl (C=O) groups excluding carboxylic acids is 2. The Bertz CT molecular complexity index is 280. The molecule has 1 atom stereocenters. The number of hydrogen-bond donors (Lipinski definition) is 1. The van der Waals surface area contributed by atoms with Crippen molar-refractivity contribution in [3.8, 4) is 0 Å². The highest BCUT2D eigenvalue weighted by Gasteiger charge is 2.18. The smallest absolute Gasteiger partial charge is 0.181 e. The summed E-state index contributed by atoms with van der Waals surface area (Å²) >= 11 is 0. The Hall–Kier alpha value is -0.900. The van der Waals surface area contributed by atoms with Crippen LogP contribution in [0.1, 0.15) is 97.3 Å². The van der Waals surface area contributed by atoms with Crippen LogP contribution < -0.4 is 11.3 Å². The summed E-state index contributed by atoms with van der Waals surface area (Å²) in [6, 6.07) is 0. The van der Waals surface area contributed by atoms with Crippen molar-refractivity contribution in [3.63, 3.8) is 0 Å². The largest absolute Gasteiger partial charge is 0.542 e. The van der Waals surface area contributed by atoms with E-state index in [1.165, 1.54) is 44.9 Å². The van der Waals surface area contributed by atoms with Crippen LogP contribution in [-0.4, -0.2) is 11.8 Å². The Balaban J connectivity index is 0. The summed E-state index contributed by atoms with van der Waals surface area (Å²) in [5, 5.41) is 10.8. The Morgan fingerprint density at radius 3 is 1.45 bits per heavy atom. The summed E-state index contributed by atoms with van der Waals surface area (Å²) in [7, 11) is 0. The van der Waals surface area contributed by atoms with Gasteiger partial charge in [-0.1, -0.05) is 84.5 Å². The first-order chi connectivity index (χ1) is 10.1. The van der Waals surface area contributed by atoms with E-state index >= 15 is 0 Å². The molecule has 0 heterocycles. The fraction of sp³-hybridized carbons (Fsp3) is 0.889. The van der Waals surface area contributed by atoms with Gasteiger partial charge in [0.25, 0.3) is 0 Å². The number of aliphatic carboxylic acids is 1. The quantitative estimate of drug-likeness (QED) is 0.358. The lowest BCUT2D eigenvalue weighted by atomic mass is 9.90. The molecule has 0 aliphatic heterocycles. The van der Waals surface area contributed by atoms with Crippen LogP contribution in [0.25, 0.3) is 0 Å². The molecule has 0 aromatic rings. The Labute approximate surface area is 136 Å². The van der Waals surface area contributed by atoms with Crippen LogP contribution in [-0.2, 0) is 9.59 Å². The van der Waals surface area contributed by atoms with Crippen molar-refractivity contribution in [2.45, 2.75) is 97.3 Å². The predicted octanol–water partition coefficient (Wildman–Crippen LogP) is 4.41. The van der Waals surface area contributed by atoms with Gasteiger partial charge in [-0.2, -0.15) is 0 Å². The number of carboxylic acids is 1. The van der Waals surface area contributed by atoms with Crippen LogP contribution in [0.15, 0.2) is 0 Å². The summed E-state index contributed by atoms with van der Waals surface area (Å²) in [5.41, 5.74) is 0. The molecule has 4 N–H and O–H groups in total. The zero-order valence-corrected chi connectivity index (χ0v) is 15.0. The van der Waals surface area contributed by atoms with Crippen LogP contribution in [0.4, 0.5) is 0 Å². The third-order valence-electron chi connectivity index (χ3n) is 4.13. The molecule has 1 unspecified atom stereocenters. The number of ketones is 1. The molecular formula is C18H37NO3. The molecule has 0 aliphatic rings. The highest BCUT2D eigenvalue weighted by Crippen LogP contribution is 2.20. The van der Waals surface area contributed by atoms with E-state index in [1.807, 2.05) is 0 Å². The fourth-order valence-corrected chi connectivity index (χ4v) is 2.74. The van der Waals surface area contributed by atoms with Gasteiger partial charge in [-0.15, -0.1) is 0 Å². The van der Waals surface area contributed by atoms with Crippen molar-refractivity contribution in [2.24, 2.45) is 5.92 Å². The van der Waals surface area contributed by atoms with E-state index in [0.717, 1.165) is 25.7 Å². The Kier molecular flexibility index (Phi) is 17.5. The highest BCUT2D eigenvalue weighted by molar-refractivity contribution is 6.32. The van der Waals surface area contributed by atoms with Gasteiger partial charge in [-0.3, -0.25) is 4.79 Å². The van der Waals surface area contributed by atoms with Crippen molar-refractivity contribution in [3.05, 3.63) is 0 Å². The standard InChI is InChI=1S/C18H34O3.H3N/c1-3-5-7-9-11-13-15-16(17(19)18(20)21)14-12-10-8-6-4-2;/h16H,3-15H2,1-2H3,(H,20,21);1H3. The number of carbonyl (C=O) groups is 2. The maximum atomic E-state index is 11.7. The number of unbranched alkanes of at least 4 members (excludes halogenated alkanes) is 9. The maximum Gasteiger partial charge on any atom is 0.181 e. The number of quaternary nitrogens is 1. The van der Waals surface area contributed by atoms with Gasteiger partial charge in [-0.25, -0.2) is 0 Å². The number of carboxylic acid groups (broad SMARTS) is 1. The summed E-state index contributed by atoms with van der Waals surface area (Å²) in [6.07, 6.45) is 14.1. The second-order valence-electron chi connectivity index (χ2n) is 6.11. The van der Waals surface area contributed by atoms with Gasteiger partial charge < -0.3 is 16.1 Å². The minimum Gasteiger partial charge on any atom is -0.542 e. The average Bonchev–Trinajstić information content (AvgIpc) is 2.47. The Morgan fingerprint density at radius 2 is 1.09 bits per heavy atom. The molecule has 0 spiro atoms. The first-order valence-corrected chi connectivity index (χ1v) is 8.88. The summed E-state index contributed by atoms with van der Waals surface area (Å²) < 4.78 is 0. The molecule has 132 valence electrons. The van der Waals surface area contributed by atoms with E-state index in [1.54, 1.807) is 0 Å². The van der Waals surface area contributed by atoms with Crippen molar-refractivity contribution < 1.29 is 14.7 Å². The van der Waals surface area contributed by atoms with Crippen LogP contribution in [0.3, 0.4) is 0 Å². The van der Waals surface area contributed by atoms with E-state index in [-0.39, 0.29) is 12.1 Å². The average molecular weight is 315 g/mol. The summed E-state index contributed by atoms with van der Waals surface area (Å²) in [5.74, 6) is -2.50. The molecule has 0 aromatic heterocycles. The van der Waals surface area contributed by atoms with Gasteiger partial charge in [0.05, 0.1) is 0 Å². The first kappa shape index (κ1) is 23.4. The minimum absolute atomic E-state index is 0. The lowest BCUT2D eigenvalue weighted by molar-refractivity contribution is -0.300. The molecule has 0 radical (unpaired) electrons. The van der Waals surface area contributed by atoms with E-state index < -0.39 is 11.8 Å². The van der Waals surface area contributed by atoms with E-state index in [4.69, 9.17) is 0 Å². The normalized spacial score (nSPS) is 11.7. The molecule has 0 saturated carbocycles. The SMILES string of the molecule is CCCCCCCCC(CCCCCCC)C(=O)C(=O)[O-].[NH4+]. The number of hydrogen-bond acceptors (Lipinski definition) is 3. The molecule has 0 saturated heterocycles. The Morgan fingerprint density at radius 1 is 0.727 bits per heavy atom. The molecule has 0 amide bonds. The zero-order valence-electron chi connectivity index (χ0n) is 15.0. The maximum absolute atomic E-state index is 11.7. The van der Waals surface area contributed by atoms with E-state index in [0.29, 0.717) is 12.8 Å². The topological polar surface area (TPSA) is 93.7 Å². The fourth-order valence-electron chi connectivity index (χ4n) is 2.74. The molecule has 4 nitrogen and oxygen atoms in total. The molecule has 0 aromatic carbocycles. The van der Waals surface area contributed by atoms with Crippen molar-refractivity contribution in [1.29, 1.82) is 0 Å². The second-order valence-corrected chi connectivity index (χ2v) is 6.11. The molecular weight excluding hydrogens is 278 g/mol. The molecule has 0 bridgehead atoms. The van der Waals surface area contributed by atoms with Gasteiger partial charge >= 0.3 is 0 Å². The molecule has 0 rings (SSSR count). The lowest BCUT2D eigenvalue weighted by Crippen LogP contribution is -2.36. The number of rotatable bonds is 15. The second kappa shape index (κ2) is 16.5. The van der Waals surface area contributed by atoms with Gasteiger partial charge in [0.2, 0.25) is 0 Å². The van der Waals surface area contributed by atoms with E-state index in [2.05, 4.69) is 13.8 Å². The summed E-state index contributed by atoms with van der Waals surface area (Å²) in [6.45, 7) is 4.36. The molecule has 0 fully saturated rings. The summed E-state index contributed by atoms with van der Waals surface area (Å²) in [4.78, 5) is 22.5. The molecule has 4 heteroatoms. The lowest BCUT2D eigenvalue weighted by Gasteiger charge is -2.16. The van der Waals surface area contributed by atoms with Crippen LogP contribution in [0.2, 0.25) is 0 Å². The molecule has 22 heavy (non-hydrogen) atoms. The van der Waals surface area contributed by atoms with Gasteiger partial charge in [0, 0.05) is 5.92 Å². The molecule has 0 aliphatic carbocycles. The third-order valence-corrected chi connectivity index (χ3v) is 4.13. The number of Topliss-reactive ketones (excluding diaryl/α,β-unsaturated/α-hetero) is 1. The van der Waals surface area contributed by atoms with Gasteiger partial charge in [-0.05, 0) is 12.8 Å². The predicted molar refractivity (Wildman–Crippen MR) is 90.9 cm³/mol.